The molecule has 1 amide bonds. The van der Waals surface area contributed by atoms with E-state index in [1.54, 1.807) is 24.3 Å². The van der Waals surface area contributed by atoms with Crippen molar-refractivity contribution in [1.29, 1.82) is 0 Å². The first-order valence-electron chi connectivity index (χ1n) is 7.49. The van der Waals surface area contributed by atoms with Crippen LogP contribution in [0.2, 0.25) is 5.02 Å². The van der Waals surface area contributed by atoms with Crippen molar-refractivity contribution in [2.75, 3.05) is 11.9 Å². The number of hydrogen-bond donors (Lipinski definition) is 1. The van der Waals surface area contributed by atoms with Gasteiger partial charge >= 0.3 is 0 Å². The van der Waals surface area contributed by atoms with Gasteiger partial charge < -0.3 is 10.1 Å². The molecule has 7 heteroatoms. The molecular formula is C17H17ClN2O4. The lowest BCUT2D eigenvalue weighted by molar-refractivity contribution is -0.384. The Morgan fingerprint density at radius 2 is 1.96 bits per heavy atom. The van der Waals surface area contributed by atoms with Crippen LogP contribution < -0.4 is 10.1 Å². The molecule has 126 valence electrons. The molecule has 6 nitrogen and oxygen atoms in total. The first kappa shape index (κ1) is 17.7. The lowest BCUT2D eigenvalue weighted by Crippen LogP contribution is -2.12. The van der Waals surface area contributed by atoms with Crippen LogP contribution in [0.5, 0.6) is 5.75 Å². The van der Waals surface area contributed by atoms with E-state index >= 15 is 0 Å². The Hall–Kier alpha value is -2.60. The second-order valence-electron chi connectivity index (χ2n) is 5.10. The van der Waals surface area contributed by atoms with Crippen LogP contribution in [0.3, 0.4) is 0 Å². The summed E-state index contributed by atoms with van der Waals surface area (Å²) in [5.74, 6) is 0.207. The number of nitro groups is 1. The number of unbranched alkanes of at least 4 members (excludes halogenated alkanes) is 1. The SMILES string of the molecule is CCCCOc1ccc(NC(=O)c2cc([N+](=O)[O-])ccc2Cl)cc1. The minimum atomic E-state index is -0.574. The van der Waals surface area contributed by atoms with Crippen LogP contribution in [0.4, 0.5) is 11.4 Å². The van der Waals surface area contributed by atoms with Gasteiger partial charge in [0.2, 0.25) is 0 Å². The van der Waals surface area contributed by atoms with Crippen LogP contribution >= 0.6 is 11.6 Å². The normalized spacial score (nSPS) is 10.2. The van der Waals surface area contributed by atoms with Crippen LogP contribution in [0.25, 0.3) is 0 Å². The fourth-order valence-electron chi connectivity index (χ4n) is 1.97. The number of nitrogens with zero attached hydrogens (tertiary/aromatic N) is 1. The number of halogens is 1. The molecule has 0 aliphatic rings. The van der Waals surface area contributed by atoms with Crippen LogP contribution in [0, 0.1) is 10.1 Å². The van der Waals surface area contributed by atoms with Gasteiger partial charge in [-0.2, -0.15) is 0 Å². The molecule has 24 heavy (non-hydrogen) atoms. The third-order valence-corrected chi connectivity index (χ3v) is 3.61. The number of nitrogens with one attached hydrogen (secondary N) is 1. The number of carbonyl (C=O) groups is 1. The molecule has 1 N–H and O–H groups in total. The summed E-state index contributed by atoms with van der Waals surface area (Å²) in [6.07, 6.45) is 2.03. The topological polar surface area (TPSA) is 81.5 Å². The summed E-state index contributed by atoms with van der Waals surface area (Å²) in [4.78, 5) is 22.5. The molecule has 0 saturated heterocycles. The number of anilines is 1. The van der Waals surface area contributed by atoms with Crippen LogP contribution in [0.1, 0.15) is 30.1 Å². The number of ether oxygens (including phenoxy) is 1. The van der Waals surface area contributed by atoms with E-state index in [1.165, 1.54) is 12.1 Å². The van der Waals surface area contributed by atoms with E-state index in [1.807, 2.05) is 0 Å². The Labute approximate surface area is 144 Å². The van der Waals surface area contributed by atoms with Gasteiger partial charge in [-0.15, -0.1) is 0 Å². The van der Waals surface area contributed by atoms with Crippen molar-refractivity contribution in [1.82, 2.24) is 0 Å². The molecule has 2 rings (SSSR count). The van der Waals surface area contributed by atoms with Crippen molar-refractivity contribution in [3.05, 3.63) is 63.2 Å². The molecule has 0 atom stereocenters. The summed E-state index contributed by atoms with van der Waals surface area (Å²) in [5, 5.41) is 13.6. The van der Waals surface area contributed by atoms with Gasteiger partial charge in [0.15, 0.2) is 0 Å². The Morgan fingerprint density at radius 3 is 2.58 bits per heavy atom. The molecule has 2 aromatic rings. The summed E-state index contributed by atoms with van der Waals surface area (Å²) in [6.45, 7) is 2.73. The van der Waals surface area contributed by atoms with Crippen molar-refractivity contribution in [3.8, 4) is 5.75 Å². The predicted molar refractivity (Wildman–Crippen MR) is 92.9 cm³/mol. The quantitative estimate of drug-likeness (QED) is 0.447. The van der Waals surface area contributed by atoms with Gasteiger partial charge in [0.25, 0.3) is 11.6 Å². The second kappa shape index (κ2) is 8.31. The van der Waals surface area contributed by atoms with Crippen molar-refractivity contribution in [2.45, 2.75) is 19.8 Å². The molecule has 0 heterocycles. The minimum Gasteiger partial charge on any atom is -0.494 e. The maximum atomic E-state index is 12.3. The van der Waals surface area contributed by atoms with E-state index in [2.05, 4.69) is 12.2 Å². The molecule has 0 saturated carbocycles. The number of non-ortho nitro benzene ring substituents is 1. The van der Waals surface area contributed by atoms with E-state index in [-0.39, 0.29) is 16.3 Å². The van der Waals surface area contributed by atoms with Gasteiger partial charge in [-0.3, -0.25) is 14.9 Å². The van der Waals surface area contributed by atoms with E-state index in [9.17, 15) is 14.9 Å². The fourth-order valence-corrected chi connectivity index (χ4v) is 2.17. The highest BCUT2D eigenvalue weighted by Gasteiger charge is 2.16. The molecule has 0 aromatic heterocycles. The molecule has 0 radical (unpaired) electrons. The Morgan fingerprint density at radius 1 is 1.25 bits per heavy atom. The summed E-state index contributed by atoms with van der Waals surface area (Å²) in [6, 6.07) is 10.6. The Balaban J connectivity index is 2.07. The fraction of sp³-hybridized carbons (Fsp3) is 0.235. The highest BCUT2D eigenvalue weighted by atomic mass is 35.5. The molecule has 0 aliphatic heterocycles. The van der Waals surface area contributed by atoms with Crippen LogP contribution in [-0.2, 0) is 0 Å². The van der Waals surface area contributed by atoms with Gasteiger partial charge in [0.05, 0.1) is 22.1 Å². The average molecular weight is 349 g/mol. The summed E-state index contributed by atoms with van der Waals surface area (Å²) >= 11 is 5.95. The zero-order chi connectivity index (χ0) is 17.5. The number of rotatable bonds is 7. The van der Waals surface area contributed by atoms with E-state index in [0.717, 1.165) is 24.7 Å². The third kappa shape index (κ3) is 4.70. The van der Waals surface area contributed by atoms with Crippen molar-refractivity contribution in [3.63, 3.8) is 0 Å². The van der Waals surface area contributed by atoms with E-state index in [0.29, 0.717) is 12.3 Å². The number of benzene rings is 2. The van der Waals surface area contributed by atoms with Gasteiger partial charge in [0, 0.05) is 17.8 Å². The molecule has 0 fully saturated rings. The highest BCUT2D eigenvalue weighted by molar-refractivity contribution is 6.34. The largest absolute Gasteiger partial charge is 0.494 e. The Bertz CT molecular complexity index is 732. The molecular weight excluding hydrogens is 332 g/mol. The monoisotopic (exact) mass is 348 g/mol. The van der Waals surface area contributed by atoms with Gasteiger partial charge in [-0.05, 0) is 36.8 Å². The molecule has 0 bridgehead atoms. The number of hydrogen-bond acceptors (Lipinski definition) is 4. The first-order valence-corrected chi connectivity index (χ1v) is 7.87. The third-order valence-electron chi connectivity index (χ3n) is 3.28. The van der Waals surface area contributed by atoms with Crippen LogP contribution in [-0.4, -0.2) is 17.4 Å². The summed E-state index contributed by atoms with van der Waals surface area (Å²) < 4.78 is 5.54. The number of amides is 1. The molecule has 2 aromatic carbocycles. The van der Waals surface area contributed by atoms with Crippen molar-refractivity contribution >= 4 is 28.9 Å². The number of carbonyl (C=O) groups excluding carboxylic acids is 1. The zero-order valence-electron chi connectivity index (χ0n) is 13.1. The lowest BCUT2D eigenvalue weighted by Gasteiger charge is -2.09. The molecule has 0 aliphatic carbocycles. The predicted octanol–water partition coefficient (Wildman–Crippen LogP) is 4.68. The molecule has 0 spiro atoms. The minimum absolute atomic E-state index is 0.0501. The van der Waals surface area contributed by atoms with Crippen molar-refractivity contribution < 1.29 is 14.5 Å². The van der Waals surface area contributed by atoms with Gasteiger partial charge in [0.1, 0.15) is 5.75 Å². The zero-order valence-corrected chi connectivity index (χ0v) is 13.9. The summed E-state index contributed by atoms with van der Waals surface area (Å²) in [5.41, 5.74) is 0.406. The standard InChI is InChI=1S/C17H17ClN2O4/c1-2-3-10-24-14-7-4-12(5-8-14)19-17(21)15-11-13(20(22)23)6-9-16(15)18/h4-9,11H,2-3,10H2,1H3,(H,19,21). The van der Waals surface area contributed by atoms with E-state index < -0.39 is 10.8 Å². The van der Waals surface area contributed by atoms with Crippen LogP contribution in [0.15, 0.2) is 42.5 Å². The first-order chi connectivity index (χ1) is 11.5. The van der Waals surface area contributed by atoms with Crippen molar-refractivity contribution in [2.24, 2.45) is 0 Å². The lowest BCUT2D eigenvalue weighted by atomic mass is 10.2. The average Bonchev–Trinajstić information content (AvgIpc) is 2.56. The Kier molecular flexibility index (Phi) is 6.14. The number of nitro benzene ring substituents is 1. The highest BCUT2D eigenvalue weighted by Crippen LogP contribution is 2.23. The van der Waals surface area contributed by atoms with Gasteiger partial charge in [-0.1, -0.05) is 24.9 Å². The smallest absolute Gasteiger partial charge is 0.270 e. The maximum Gasteiger partial charge on any atom is 0.270 e. The molecule has 0 unspecified atom stereocenters. The second-order valence-corrected chi connectivity index (χ2v) is 5.51. The summed E-state index contributed by atoms with van der Waals surface area (Å²) in [7, 11) is 0. The van der Waals surface area contributed by atoms with Gasteiger partial charge in [-0.25, -0.2) is 0 Å². The van der Waals surface area contributed by atoms with E-state index in [4.69, 9.17) is 16.3 Å². The maximum absolute atomic E-state index is 12.3.